The van der Waals surface area contributed by atoms with E-state index < -0.39 is 0 Å². The van der Waals surface area contributed by atoms with E-state index >= 15 is 0 Å². The van der Waals surface area contributed by atoms with Gasteiger partial charge in [0.25, 0.3) is 5.91 Å². The van der Waals surface area contributed by atoms with E-state index in [0.29, 0.717) is 5.56 Å². The number of hydrogen-bond acceptors (Lipinski definition) is 3. The van der Waals surface area contributed by atoms with Crippen molar-refractivity contribution in [3.8, 4) is 5.75 Å². The lowest BCUT2D eigenvalue weighted by molar-refractivity contribution is 0.0955. The summed E-state index contributed by atoms with van der Waals surface area (Å²) in [5.41, 5.74) is 4.05. The third-order valence-electron chi connectivity index (χ3n) is 2.92. The zero-order valence-electron chi connectivity index (χ0n) is 11.2. The van der Waals surface area contributed by atoms with Crippen molar-refractivity contribution in [2.75, 3.05) is 0 Å². The van der Waals surface area contributed by atoms with E-state index in [9.17, 15) is 4.79 Å². The zero-order chi connectivity index (χ0) is 14.4. The fourth-order valence-electron chi connectivity index (χ4n) is 1.73. The first kappa shape index (κ1) is 13.8. The molecule has 0 saturated heterocycles. The minimum atomic E-state index is -0.304. The first-order valence-corrected chi connectivity index (χ1v) is 6.34. The molecule has 4 nitrogen and oxygen atoms in total. The molecule has 1 amide bonds. The summed E-state index contributed by atoms with van der Waals surface area (Å²) in [7, 11) is 0. The smallest absolute Gasteiger partial charge is 0.271 e. The molecule has 0 spiro atoms. The third-order valence-corrected chi connectivity index (χ3v) is 2.92. The SMILES string of the molecule is C[C@H](/C=N\NC(=O)c1ccc(O)cc1)c1ccccc1. The number of carbonyl (C=O) groups excluding carboxylic acids is 1. The van der Waals surface area contributed by atoms with Crippen LogP contribution in [-0.2, 0) is 0 Å². The Kier molecular flexibility index (Phi) is 4.50. The van der Waals surface area contributed by atoms with Gasteiger partial charge in [-0.2, -0.15) is 5.10 Å². The van der Waals surface area contributed by atoms with Gasteiger partial charge in [0.05, 0.1) is 0 Å². The van der Waals surface area contributed by atoms with Crippen molar-refractivity contribution in [3.63, 3.8) is 0 Å². The lowest BCUT2D eigenvalue weighted by atomic mass is 10.0. The van der Waals surface area contributed by atoms with Crippen LogP contribution in [0.4, 0.5) is 0 Å². The number of rotatable bonds is 4. The molecule has 4 heteroatoms. The van der Waals surface area contributed by atoms with Gasteiger partial charge in [0, 0.05) is 17.7 Å². The summed E-state index contributed by atoms with van der Waals surface area (Å²) in [4.78, 5) is 11.8. The van der Waals surface area contributed by atoms with E-state index in [1.165, 1.54) is 12.1 Å². The number of benzene rings is 2. The Hall–Kier alpha value is -2.62. The lowest BCUT2D eigenvalue weighted by Gasteiger charge is -2.05. The summed E-state index contributed by atoms with van der Waals surface area (Å²) in [6, 6.07) is 15.9. The monoisotopic (exact) mass is 268 g/mol. The van der Waals surface area contributed by atoms with Crippen LogP contribution in [0.1, 0.15) is 28.8 Å². The van der Waals surface area contributed by atoms with Crippen LogP contribution < -0.4 is 5.43 Å². The molecule has 2 N–H and O–H groups in total. The second-order valence-corrected chi connectivity index (χ2v) is 4.47. The van der Waals surface area contributed by atoms with Gasteiger partial charge in [-0.05, 0) is 29.8 Å². The summed E-state index contributed by atoms with van der Waals surface area (Å²) >= 11 is 0. The van der Waals surface area contributed by atoms with Crippen LogP contribution >= 0.6 is 0 Å². The average Bonchev–Trinajstić information content (AvgIpc) is 2.48. The molecular formula is C16H16N2O2. The summed E-state index contributed by atoms with van der Waals surface area (Å²) < 4.78 is 0. The Morgan fingerprint density at radius 2 is 1.80 bits per heavy atom. The molecule has 2 aromatic rings. The number of phenols is 1. The molecule has 20 heavy (non-hydrogen) atoms. The molecule has 0 radical (unpaired) electrons. The van der Waals surface area contributed by atoms with Crippen LogP contribution in [0.25, 0.3) is 0 Å². The quantitative estimate of drug-likeness (QED) is 0.661. The summed E-state index contributed by atoms with van der Waals surface area (Å²) in [6.07, 6.45) is 1.69. The highest BCUT2D eigenvalue weighted by Crippen LogP contribution is 2.12. The standard InChI is InChI=1S/C16H16N2O2/c1-12(13-5-3-2-4-6-13)11-17-18-16(20)14-7-9-15(19)10-8-14/h2-12,19H,1H3,(H,18,20)/b17-11-/t12-/m1/s1. The number of carbonyl (C=O) groups is 1. The van der Waals surface area contributed by atoms with Gasteiger partial charge in [0.1, 0.15) is 5.75 Å². The number of amides is 1. The second-order valence-electron chi connectivity index (χ2n) is 4.47. The molecule has 2 rings (SSSR count). The predicted octanol–water partition coefficient (Wildman–Crippen LogP) is 2.91. The van der Waals surface area contributed by atoms with Crippen LogP contribution in [0.2, 0.25) is 0 Å². The fraction of sp³-hybridized carbons (Fsp3) is 0.125. The lowest BCUT2D eigenvalue weighted by Crippen LogP contribution is -2.17. The maximum atomic E-state index is 11.8. The van der Waals surface area contributed by atoms with Gasteiger partial charge in [0.2, 0.25) is 0 Å². The van der Waals surface area contributed by atoms with Crippen molar-refractivity contribution in [1.29, 1.82) is 0 Å². The first-order chi connectivity index (χ1) is 9.66. The maximum absolute atomic E-state index is 11.8. The molecule has 0 unspecified atom stereocenters. The normalized spacial score (nSPS) is 12.2. The Balaban J connectivity index is 1.93. The van der Waals surface area contributed by atoms with Gasteiger partial charge in [-0.3, -0.25) is 4.79 Å². The topological polar surface area (TPSA) is 61.7 Å². The van der Waals surface area contributed by atoms with Gasteiger partial charge in [0.15, 0.2) is 0 Å². The minimum absolute atomic E-state index is 0.122. The molecule has 0 bridgehead atoms. The van der Waals surface area contributed by atoms with E-state index in [-0.39, 0.29) is 17.6 Å². The number of hydrogen-bond donors (Lipinski definition) is 2. The van der Waals surface area contributed by atoms with Gasteiger partial charge in [-0.15, -0.1) is 0 Å². The average molecular weight is 268 g/mol. The highest BCUT2D eigenvalue weighted by molar-refractivity contribution is 5.94. The number of aromatic hydroxyl groups is 1. The minimum Gasteiger partial charge on any atom is -0.508 e. The Morgan fingerprint density at radius 1 is 1.15 bits per heavy atom. The Morgan fingerprint density at radius 3 is 2.45 bits per heavy atom. The summed E-state index contributed by atoms with van der Waals surface area (Å²) in [6.45, 7) is 2.01. The number of nitrogens with one attached hydrogen (secondary N) is 1. The van der Waals surface area contributed by atoms with Crippen molar-refractivity contribution >= 4 is 12.1 Å². The van der Waals surface area contributed by atoms with Crippen molar-refractivity contribution in [1.82, 2.24) is 5.43 Å². The Labute approximate surface area is 117 Å². The van der Waals surface area contributed by atoms with Crippen LogP contribution in [-0.4, -0.2) is 17.2 Å². The van der Waals surface area contributed by atoms with E-state index in [0.717, 1.165) is 5.56 Å². The number of nitrogens with zero attached hydrogens (tertiary/aromatic N) is 1. The van der Waals surface area contributed by atoms with Crippen molar-refractivity contribution in [3.05, 3.63) is 65.7 Å². The van der Waals surface area contributed by atoms with Crippen molar-refractivity contribution in [2.45, 2.75) is 12.8 Å². The molecule has 0 aliphatic rings. The zero-order valence-corrected chi connectivity index (χ0v) is 11.2. The van der Waals surface area contributed by atoms with Crippen LogP contribution in [0.5, 0.6) is 5.75 Å². The summed E-state index contributed by atoms with van der Waals surface area (Å²) in [5, 5.41) is 13.1. The molecule has 0 aromatic heterocycles. The molecule has 0 saturated carbocycles. The first-order valence-electron chi connectivity index (χ1n) is 6.34. The molecular weight excluding hydrogens is 252 g/mol. The second kappa shape index (κ2) is 6.52. The van der Waals surface area contributed by atoms with Crippen LogP contribution in [0, 0.1) is 0 Å². The fourth-order valence-corrected chi connectivity index (χ4v) is 1.73. The molecule has 1 atom stereocenters. The Bertz CT molecular complexity index is 592. The van der Waals surface area contributed by atoms with Gasteiger partial charge < -0.3 is 5.11 Å². The third kappa shape index (κ3) is 3.68. The van der Waals surface area contributed by atoms with E-state index in [1.807, 2.05) is 37.3 Å². The van der Waals surface area contributed by atoms with E-state index in [1.54, 1.807) is 18.3 Å². The number of hydrazone groups is 1. The van der Waals surface area contributed by atoms with Crippen LogP contribution in [0.3, 0.4) is 0 Å². The largest absolute Gasteiger partial charge is 0.508 e. The molecule has 102 valence electrons. The van der Waals surface area contributed by atoms with Gasteiger partial charge in [-0.1, -0.05) is 37.3 Å². The maximum Gasteiger partial charge on any atom is 0.271 e. The number of phenolic OH excluding ortho intramolecular Hbond substituents is 1. The van der Waals surface area contributed by atoms with Crippen molar-refractivity contribution < 1.29 is 9.90 Å². The highest BCUT2D eigenvalue weighted by atomic mass is 16.3. The van der Waals surface area contributed by atoms with E-state index in [2.05, 4.69) is 10.5 Å². The highest BCUT2D eigenvalue weighted by Gasteiger charge is 2.04. The van der Waals surface area contributed by atoms with Crippen LogP contribution in [0.15, 0.2) is 59.7 Å². The van der Waals surface area contributed by atoms with Gasteiger partial charge >= 0.3 is 0 Å². The molecule has 0 fully saturated rings. The molecule has 0 heterocycles. The molecule has 0 aliphatic carbocycles. The molecule has 2 aromatic carbocycles. The summed E-state index contributed by atoms with van der Waals surface area (Å²) in [5.74, 6) is -0.0550. The predicted molar refractivity (Wildman–Crippen MR) is 78.9 cm³/mol. The van der Waals surface area contributed by atoms with E-state index in [4.69, 9.17) is 5.11 Å². The van der Waals surface area contributed by atoms with Crippen molar-refractivity contribution in [2.24, 2.45) is 5.10 Å². The molecule has 0 aliphatic heterocycles. The van der Waals surface area contributed by atoms with Gasteiger partial charge in [-0.25, -0.2) is 5.43 Å².